The first-order chi connectivity index (χ1) is 5.43. The number of hydrogen-bond donors (Lipinski definition) is 0. The van der Waals surface area contributed by atoms with Crippen molar-refractivity contribution in [1.82, 2.24) is 0 Å². The molecule has 0 heterocycles. The number of benzene rings is 1. The molecule has 0 aromatic heterocycles. The highest BCUT2D eigenvalue weighted by Crippen LogP contribution is 2.29. The van der Waals surface area contributed by atoms with E-state index < -0.39 is 0 Å². The number of halogens is 1. The minimum Gasteiger partial charge on any atom is -0.0608 e. The molecule has 0 saturated heterocycles. The maximum absolute atomic E-state index is 3.54. The zero-order chi connectivity index (χ0) is 9.35. The quantitative estimate of drug-likeness (QED) is 0.627. The molecule has 1 aromatic rings. The van der Waals surface area contributed by atoms with Gasteiger partial charge in [-0.15, -0.1) is 0 Å². The largest absolute Gasteiger partial charge is 0.0608 e. The topological polar surface area (TPSA) is 0 Å². The van der Waals surface area contributed by atoms with Gasteiger partial charge in [-0.25, -0.2) is 0 Å². The number of hydrogen-bond acceptors (Lipinski definition) is 0. The summed E-state index contributed by atoms with van der Waals surface area (Å²) in [5.74, 6) is 0. The second-order valence-electron chi connectivity index (χ2n) is 4.16. The average molecular weight is 227 g/mol. The highest BCUT2D eigenvalue weighted by Gasteiger charge is 2.16. The molecule has 1 rings (SSSR count). The van der Waals surface area contributed by atoms with Crippen LogP contribution in [0.25, 0.3) is 0 Å². The van der Waals surface area contributed by atoms with Crippen LogP contribution in [0.4, 0.5) is 0 Å². The van der Waals surface area contributed by atoms with Crippen molar-refractivity contribution in [2.75, 3.05) is 0 Å². The molecule has 0 aliphatic heterocycles. The zero-order valence-corrected chi connectivity index (χ0v) is 9.70. The molecule has 0 spiro atoms. The van der Waals surface area contributed by atoms with Crippen LogP contribution in [0.3, 0.4) is 0 Å². The standard InChI is InChI=1S/C11H15Br/c1-8-9(11(2,3)4)6-5-7-10(8)12/h5-7H,1-4H3. The Labute approximate surface area is 83.1 Å². The Morgan fingerprint density at radius 1 is 1.17 bits per heavy atom. The van der Waals surface area contributed by atoms with Crippen molar-refractivity contribution in [1.29, 1.82) is 0 Å². The molecule has 0 nitrogen and oxygen atoms in total. The lowest BCUT2D eigenvalue weighted by molar-refractivity contribution is 0.585. The van der Waals surface area contributed by atoms with Gasteiger partial charge in [0, 0.05) is 4.47 Å². The molecule has 0 amide bonds. The summed E-state index contributed by atoms with van der Waals surface area (Å²) >= 11 is 3.54. The molecule has 0 aliphatic rings. The van der Waals surface area contributed by atoms with Crippen molar-refractivity contribution >= 4 is 15.9 Å². The van der Waals surface area contributed by atoms with E-state index in [9.17, 15) is 0 Å². The Morgan fingerprint density at radius 3 is 2.17 bits per heavy atom. The Kier molecular flexibility index (Phi) is 2.62. The molecule has 0 aliphatic carbocycles. The van der Waals surface area contributed by atoms with E-state index in [0.29, 0.717) is 0 Å². The third-order valence-electron chi connectivity index (χ3n) is 2.08. The van der Waals surface area contributed by atoms with Crippen molar-refractivity contribution in [3.8, 4) is 0 Å². The molecule has 1 aromatic carbocycles. The minimum atomic E-state index is 0.244. The van der Waals surface area contributed by atoms with Gasteiger partial charge in [-0.3, -0.25) is 0 Å². The third kappa shape index (κ3) is 1.89. The van der Waals surface area contributed by atoms with Crippen molar-refractivity contribution in [3.05, 3.63) is 33.8 Å². The van der Waals surface area contributed by atoms with Gasteiger partial charge in [-0.1, -0.05) is 48.8 Å². The predicted molar refractivity (Wildman–Crippen MR) is 57.6 cm³/mol. The summed E-state index contributed by atoms with van der Waals surface area (Å²) in [6.07, 6.45) is 0. The Hall–Kier alpha value is -0.300. The van der Waals surface area contributed by atoms with Gasteiger partial charge in [0.05, 0.1) is 0 Å². The fourth-order valence-corrected chi connectivity index (χ4v) is 1.79. The van der Waals surface area contributed by atoms with Crippen LogP contribution in [0.15, 0.2) is 22.7 Å². The summed E-state index contributed by atoms with van der Waals surface area (Å²) < 4.78 is 1.20. The van der Waals surface area contributed by atoms with Crippen LogP contribution in [0.2, 0.25) is 0 Å². The fraction of sp³-hybridized carbons (Fsp3) is 0.455. The van der Waals surface area contributed by atoms with Crippen LogP contribution in [0.5, 0.6) is 0 Å². The molecule has 0 unspecified atom stereocenters. The molecular formula is C11H15Br. The maximum Gasteiger partial charge on any atom is 0.0207 e. The first-order valence-corrected chi connectivity index (χ1v) is 4.98. The van der Waals surface area contributed by atoms with Gasteiger partial charge in [0.25, 0.3) is 0 Å². The van der Waals surface area contributed by atoms with E-state index in [-0.39, 0.29) is 5.41 Å². The molecule has 0 radical (unpaired) electrons. The second kappa shape index (κ2) is 3.21. The van der Waals surface area contributed by atoms with Gasteiger partial charge >= 0.3 is 0 Å². The Bertz CT molecular complexity index is 282. The van der Waals surface area contributed by atoms with E-state index in [0.717, 1.165) is 0 Å². The van der Waals surface area contributed by atoms with E-state index in [1.54, 1.807) is 0 Å². The predicted octanol–water partition coefficient (Wildman–Crippen LogP) is 4.06. The van der Waals surface area contributed by atoms with Crippen LogP contribution in [-0.2, 0) is 5.41 Å². The molecule has 12 heavy (non-hydrogen) atoms. The summed E-state index contributed by atoms with van der Waals surface area (Å²) in [5.41, 5.74) is 3.01. The van der Waals surface area contributed by atoms with Gasteiger partial charge < -0.3 is 0 Å². The summed E-state index contributed by atoms with van der Waals surface area (Å²) in [6.45, 7) is 8.87. The van der Waals surface area contributed by atoms with Crippen LogP contribution < -0.4 is 0 Å². The molecule has 1 heteroatoms. The third-order valence-corrected chi connectivity index (χ3v) is 2.93. The summed E-state index contributed by atoms with van der Waals surface area (Å²) in [6, 6.07) is 6.38. The molecule has 0 N–H and O–H groups in total. The lowest BCUT2D eigenvalue weighted by Gasteiger charge is -2.22. The van der Waals surface area contributed by atoms with Crippen molar-refractivity contribution in [3.63, 3.8) is 0 Å². The highest BCUT2D eigenvalue weighted by molar-refractivity contribution is 9.10. The van der Waals surface area contributed by atoms with Crippen molar-refractivity contribution < 1.29 is 0 Å². The second-order valence-corrected chi connectivity index (χ2v) is 5.02. The number of rotatable bonds is 0. The highest BCUT2D eigenvalue weighted by atomic mass is 79.9. The molecule has 66 valence electrons. The SMILES string of the molecule is Cc1c(Br)cccc1C(C)(C)C. The average Bonchev–Trinajstić information content (AvgIpc) is 1.92. The molecule has 0 saturated carbocycles. The molecule has 0 atom stereocenters. The van der Waals surface area contributed by atoms with Gasteiger partial charge in [-0.05, 0) is 29.5 Å². The minimum absolute atomic E-state index is 0.244. The Balaban J connectivity index is 3.26. The van der Waals surface area contributed by atoms with E-state index >= 15 is 0 Å². The van der Waals surface area contributed by atoms with Crippen molar-refractivity contribution in [2.24, 2.45) is 0 Å². The van der Waals surface area contributed by atoms with Crippen LogP contribution in [0.1, 0.15) is 31.9 Å². The van der Waals surface area contributed by atoms with E-state index in [4.69, 9.17) is 0 Å². The van der Waals surface area contributed by atoms with Crippen molar-refractivity contribution in [2.45, 2.75) is 33.1 Å². The maximum atomic E-state index is 3.54. The van der Waals surface area contributed by atoms with Gasteiger partial charge in [-0.2, -0.15) is 0 Å². The van der Waals surface area contributed by atoms with Gasteiger partial charge in [0.1, 0.15) is 0 Å². The van der Waals surface area contributed by atoms with Crippen LogP contribution in [0, 0.1) is 6.92 Å². The molecule has 0 bridgehead atoms. The van der Waals surface area contributed by atoms with Crippen LogP contribution >= 0.6 is 15.9 Å². The first-order valence-electron chi connectivity index (χ1n) is 4.18. The Morgan fingerprint density at radius 2 is 1.75 bits per heavy atom. The monoisotopic (exact) mass is 226 g/mol. The summed E-state index contributed by atoms with van der Waals surface area (Å²) in [4.78, 5) is 0. The summed E-state index contributed by atoms with van der Waals surface area (Å²) in [7, 11) is 0. The van der Waals surface area contributed by atoms with E-state index in [1.165, 1.54) is 15.6 Å². The smallest absolute Gasteiger partial charge is 0.0207 e. The normalized spacial score (nSPS) is 11.8. The van der Waals surface area contributed by atoms with Gasteiger partial charge in [0.2, 0.25) is 0 Å². The lowest BCUT2D eigenvalue weighted by atomic mass is 9.84. The summed E-state index contributed by atoms with van der Waals surface area (Å²) in [5, 5.41) is 0. The molecular weight excluding hydrogens is 212 g/mol. The zero-order valence-electron chi connectivity index (χ0n) is 8.11. The van der Waals surface area contributed by atoms with E-state index in [2.05, 4.69) is 61.8 Å². The van der Waals surface area contributed by atoms with E-state index in [1.807, 2.05) is 0 Å². The fourth-order valence-electron chi connectivity index (χ4n) is 1.42. The lowest BCUT2D eigenvalue weighted by Crippen LogP contribution is -2.12. The first kappa shape index (κ1) is 9.79. The van der Waals surface area contributed by atoms with Gasteiger partial charge in [0.15, 0.2) is 0 Å². The molecule has 0 fully saturated rings. The van der Waals surface area contributed by atoms with Crippen LogP contribution in [-0.4, -0.2) is 0 Å².